The van der Waals surface area contributed by atoms with Gasteiger partial charge in [-0.3, -0.25) is 4.79 Å². The van der Waals surface area contributed by atoms with Crippen LogP contribution in [0.3, 0.4) is 0 Å². The molecular weight excluding hydrogens is 284 g/mol. The molecule has 0 bridgehead atoms. The quantitative estimate of drug-likeness (QED) is 0.921. The minimum Gasteiger partial charge on any atom is -0.339 e. The first-order valence-corrected chi connectivity index (χ1v) is 9.20. The van der Waals surface area contributed by atoms with E-state index in [-0.39, 0.29) is 5.41 Å². The molecule has 1 aromatic rings. The third kappa shape index (κ3) is 3.45. The van der Waals surface area contributed by atoms with E-state index in [1.165, 1.54) is 24.8 Å². The number of amides is 1. The van der Waals surface area contributed by atoms with Gasteiger partial charge in [0.25, 0.3) is 0 Å². The van der Waals surface area contributed by atoms with Crippen LogP contribution in [-0.2, 0) is 4.79 Å². The summed E-state index contributed by atoms with van der Waals surface area (Å²) in [6.45, 7) is 3.75. The van der Waals surface area contributed by atoms with Crippen LogP contribution in [0.15, 0.2) is 30.3 Å². The Kier molecular flexibility index (Phi) is 5.05. The lowest BCUT2D eigenvalue weighted by atomic mass is 9.71. The van der Waals surface area contributed by atoms with Crippen molar-refractivity contribution < 1.29 is 4.79 Å². The average Bonchev–Trinajstić information content (AvgIpc) is 2.98. The fourth-order valence-corrected chi connectivity index (χ4v) is 4.61. The summed E-state index contributed by atoms with van der Waals surface area (Å²) < 4.78 is 0. The number of nitrogens with zero attached hydrogens (tertiary/aromatic N) is 1. The Hall–Kier alpha value is -1.35. The summed E-state index contributed by atoms with van der Waals surface area (Å²) in [5.41, 5.74) is 7.50. The van der Waals surface area contributed by atoms with Crippen molar-refractivity contribution >= 4 is 5.91 Å². The van der Waals surface area contributed by atoms with Crippen LogP contribution in [0.1, 0.15) is 63.4 Å². The van der Waals surface area contributed by atoms with Gasteiger partial charge in [-0.2, -0.15) is 0 Å². The molecule has 1 aliphatic heterocycles. The highest BCUT2D eigenvalue weighted by molar-refractivity contribution is 5.78. The van der Waals surface area contributed by atoms with Gasteiger partial charge in [0.2, 0.25) is 5.91 Å². The SMILES string of the molecule is CC1C(c2ccccc2)CCN1C(=O)CC1(CN)CCCCC1. The zero-order valence-electron chi connectivity index (χ0n) is 14.3. The van der Waals surface area contributed by atoms with Crippen molar-refractivity contribution in [2.45, 2.75) is 63.8 Å². The van der Waals surface area contributed by atoms with E-state index in [1.807, 2.05) is 0 Å². The van der Waals surface area contributed by atoms with E-state index in [1.54, 1.807) is 0 Å². The Morgan fingerprint density at radius 3 is 2.57 bits per heavy atom. The van der Waals surface area contributed by atoms with Gasteiger partial charge in [0.05, 0.1) is 0 Å². The van der Waals surface area contributed by atoms with Crippen LogP contribution < -0.4 is 5.73 Å². The lowest BCUT2D eigenvalue weighted by Crippen LogP contribution is -2.42. The zero-order valence-corrected chi connectivity index (χ0v) is 14.3. The Bertz CT molecular complexity index is 522. The number of benzene rings is 1. The van der Waals surface area contributed by atoms with E-state index in [0.717, 1.165) is 25.8 Å². The van der Waals surface area contributed by atoms with Crippen LogP contribution in [0.2, 0.25) is 0 Å². The van der Waals surface area contributed by atoms with Crippen molar-refractivity contribution in [2.75, 3.05) is 13.1 Å². The van der Waals surface area contributed by atoms with Gasteiger partial charge in [0.1, 0.15) is 0 Å². The Labute approximate surface area is 140 Å². The fourth-order valence-electron chi connectivity index (χ4n) is 4.61. The number of nitrogens with two attached hydrogens (primary N) is 1. The molecule has 2 fully saturated rings. The van der Waals surface area contributed by atoms with Crippen molar-refractivity contribution in [3.8, 4) is 0 Å². The van der Waals surface area contributed by atoms with Crippen LogP contribution in [0.25, 0.3) is 0 Å². The number of rotatable bonds is 4. The van der Waals surface area contributed by atoms with Gasteiger partial charge < -0.3 is 10.6 Å². The van der Waals surface area contributed by atoms with E-state index < -0.39 is 0 Å². The lowest BCUT2D eigenvalue weighted by molar-refractivity contribution is -0.134. The van der Waals surface area contributed by atoms with E-state index in [4.69, 9.17) is 5.73 Å². The summed E-state index contributed by atoms with van der Waals surface area (Å²) in [5.74, 6) is 0.795. The molecule has 3 rings (SSSR count). The molecule has 2 N–H and O–H groups in total. The molecule has 2 unspecified atom stereocenters. The normalized spacial score (nSPS) is 27.1. The topological polar surface area (TPSA) is 46.3 Å². The third-order valence-corrected chi connectivity index (χ3v) is 6.18. The molecule has 1 aromatic carbocycles. The summed E-state index contributed by atoms with van der Waals surface area (Å²) in [6, 6.07) is 10.9. The number of likely N-dealkylation sites (tertiary alicyclic amines) is 1. The molecule has 0 aromatic heterocycles. The van der Waals surface area contributed by atoms with E-state index in [0.29, 0.717) is 30.8 Å². The van der Waals surface area contributed by atoms with Crippen LogP contribution in [0.4, 0.5) is 0 Å². The second kappa shape index (κ2) is 7.04. The smallest absolute Gasteiger partial charge is 0.223 e. The first kappa shape index (κ1) is 16.5. The predicted molar refractivity (Wildman–Crippen MR) is 94.2 cm³/mol. The summed E-state index contributed by atoms with van der Waals surface area (Å²) in [4.78, 5) is 15.1. The van der Waals surface area contributed by atoms with Crippen molar-refractivity contribution in [3.63, 3.8) is 0 Å². The molecule has 3 nitrogen and oxygen atoms in total. The minimum absolute atomic E-state index is 0.0693. The first-order chi connectivity index (χ1) is 11.2. The molecular formula is C20H30N2O. The second-order valence-corrected chi connectivity index (χ2v) is 7.58. The Balaban J connectivity index is 1.66. The van der Waals surface area contributed by atoms with Gasteiger partial charge in [-0.05, 0) is 43.7 Å². The Morgan fingerprint density at radius 1 is 1.22 bits per heavy atom. The summed E-state index contributed by atoms with van der Waals surface area (Å²) in [7, 11) is 0. The van der Waals surface area contributed by atoms with Gasteiger partial charge in [0.15, 0.2) is 0 Å². The van der Waals surface area contributed by atoms with Crippen molar-refractivity contribution in [1.82, 2.24) is 4.90 Å². The molecule has 3 heteroatoms. The fraction of sp³-hybridized carbons (Fsp3) is 0.650. The first-order valence-electron chi connectivity index (χ1n) is 9.20. The van der Waals surface area contributed by atoms with Gasteiger partial charge >= 0.3 is 0 Å². The number of hydrogen-bond donors (Lipinski definition) is 1. The molecule has 126 valence electrons. The van der Waals surface area contributed by atoms with Gasteiger partial charge in [-0.1, -0.05) is 49.6 Å². The van der Waals surface area contributed by atoms with Gasteiger partial charge in [0, 0.05) is 24.9 Å². The zero-order chi connectivity index (χ0) is 16.3. The van der Waals surface area contributed by atoms with Gasteiger partial charge in [-0.25, -0.2) is 0 Å². The van der Waals surface area contributed by atoms with Crippen LogP contribution in [0.5, 0.6) is 0 Å². The lowest BCUT2D eigenvalue weighted by Gasteiger charge is -2.37. The maximum Gasteiger partial charge on any atom is 0.223 e. The molecule has 0 radical (unpaired) electrons. The van der Waals surface area contributed by atoms with E-state index >= 15 is 0 Å². The van der Waals surface area contributed by atoms with E-state index in [9.17, 15) is 4.79 Å². The van der Waals surface area contributed by atoms with Crippen LogP contribution in [0, 0.1) is 5.41 Å². The number of hydrogen-bond acceptors (Lipinski definition) is 2. The average molecular weight is 314 g/mol. The van der Waals surface area contributed by atoms with Crippen molar-refractivity contribution in [1.29, 1.82) is 0 Å². The summed E-state index contributed by atoms with van der Waals surface area (Å²) in [5, 5.41) is 0. The molecule has 23 heavy (non-hydrogen) atoms. The molecule has 1 aliphatic carbocycles. The highest BCUT2D eigenvalue weighted by atomic mass is 16.2. The number of carbonyl (C=O) groups is 1. The van der Waals surface area contributed by atoms with Crippen molar-refractivity contribution in [3.05, 3.63) is 35.9 Å². The van der Waals surface area contributed by atoms with Crippen LogP contribution >= 0.6 is 0 Å². The van der Waals surface area contributed by atoms with Crippen molar-refractivity contribution in [2.24, 2.45) is 11.1 Å². The molecule has 2 atom stereocenters. The third-order valence-electron chi connectivity index (χ3n) is 6.18. The molecule has 1 amide bonds. The molecule has 1 saturated heterocycles. The maximum atomic E-state index is 12.9. The highest BCUT2D eigenvalue weighted by Crippen LogP contribution is 2.40. The van der Waals surface area contributed by atoms with Gasteiger partial charge in [-0.15, -0.1) is 0 Å². The predicted octanol–water partition coefficient (Wildman–Crippen LogP) is 3.69. The maximum absolute atomic E-state index is 12.9. The van der Waals surface area contributed by atoms with Crippen LogP contribution in [-0.4, -0.2) is 29.9 Å². The summed E-state index contributed by atoms with van der Waals surface area (Å²) >= 11 is 0. The largest absolute Gasteiger partial charge is 0.339 e. The second-order valence-electron chi connectivity index (χ2n) is 7.58. The number of carbonyl (C=O) groups excluding carboxylic acids is 1. The standard InChI is InChI=1S/C20H30N2O/c1-16-18(17-8-4-2-5-9-17)10-13-22(16)19(23)14-20(15-21)11-6-3-7-12-20/h2,4-5,8-9,16,18H,3,6-7,10-15,21H2,1H3. The molecule has 2 aliphatic rings. The Morgan fingerprint density at radius 2 is 1.91 bits per heavy atom. The van der Waals surface area contributed by atoms with E-state index in [2.05, 4.69) is 42.2 Å². The molecule has 1 heterocycles. The molecule has 1 saturated carbocycles. The minimum atomic E-state index is 0.0693. The summed E-state index contributed by atoms with van der Waals surface area (Å²) in [6.07, 6.45) is 7.73. The monoisotopic (exact) mass is 314 g/mol. The molecule has 0 spiro atoms. The highest BCUT2D eigenvalue weighted by Gasteiger charge is 2.39.